The fraction of sp³-hybridized carbons (Fsp3) is 0.423. The summed E-state index contributed by atoms with van der Waals surface area (Å²) in [5, 5.41) is 12.0. The van der Waals surface area contributed by atoms with Crippen LogP contribution in [0.25, 0.3) is 11.1 Å². The summed E-state index contributed by atoms with van der Waals surface area (Å²) >= 11 is 0. The molecule has 9 heteroatoms. The SMILES string of the molecule is CCC(COC)(NC(=O)OCC1c2ccccc2-c2ccccc21)C(=O)N1CCOC(C(=O)O)C1. The number of hydrogen-bond donors (Lipinski definition) is 2. The van der Waals surface area contributed by atoms with Crippen LogP contribution in [0.2, 0.25) is 0 Å². The first kappa shape index (κ1) is 24.7. The Balaban J connectivity index is 1.48. The third-order valence-corrected chi connectivity index (χ3v) is 6.72. The predicted molar refractivity (Wildman–Crippen MR) is 127 cm³/mol. The number of benzene rings is 2. The van der Waals surface area contributed by atoms with Gasteiger partial charge in [0.25, 0.3) is 5.91 Å². The summed E-state index contributed by atoms with van der Waals surface area (Å²) in [6.45, 7) is 2.00. The Hall–Kier alpha value is -3.43. The fourth-order valence-corrected chi connectivity index (χ4v) is 4.86. The van der Waals surface area contributed by atoms with Gasteiger partial charge >= 0.3 is 12.1 Å². The topological polar surface area (TPSA) is 114 Å². The normalized spacial score (nSPS) is 18.8. The van der Waals surface area contributed by atoms with Crippen molar-refractivity contribution in [2.45, 2.75) is 30.9 Å². The number of rotatable bonds is 8. The van der Waals surface area contributed by atoms with E-state index in [9.17, 15) is 19.5 Å². The van der Waals surface area contributed by atoms with Gasteiger partial charge in [0.15, 0.2) is 6.10 Å². The molecule has 2 atom stereocenters. The number of fused-ring (bicyclic) bond motifs is 3. The third-order valence-electron chi connectivity index (χ3n) is 6.72. The number of carbonyl (C=O) groups is 3. The second-order valence-electron chi connectivity index (χ2n) is 8.77. The molecule has 2 amide bonds. The number of carboxylic acid groups (broad SMARTS) is 1. The highest BCUT2D eigenvalue weighted by atomic mass is 16.6. The zero-order valence-corrected chi connectivity index (χ0v) is 19.9. The first-order chi connectivity index (χ1) is 16.9. The van der Waals surface area contributed by atoms with Gasteiger partial charge in [-0.1, -0.05) is 55.5 Å². The van der Waals surface area contributed by atoms with Crippen LogP contribution in [0.5, 0.6) is 0 Å². The summed E-state index contributed by atoms with van der Waals surface area (Å²) in [5.74, 6) is -1.68. The summed E-state index contributed by atoms with van der Waals surface area (Å²) < 4.78 is 16.2. The standard InChI is InChI=1S/C26H30N2O7/c1-3-26(16-33-2,24(31)28-12-13-34-22(14-28)23(29)30)27-25(32)35-15-21-19-10-6-4-8-17(19)18-9-5-7-11-20(18)21/h4-11,21-22H,3,12-16H2,1-2H3,(H,27,32)(H,29,30). The maximum absolute atomic E-state index is 13.5. The lowest BCUT2D eigenvalue weighted by molar-refractivity contribution is -0.162. The number of carboxylic acids is 1. The molecule has 1 aliphatic carbocycles. The van der Waals surface area contributed by atoms with Gasteiger partial charge in [-0.15, -0.1) is 0 Å². The quantitative estimate of drug-likeness (QED) is 0.594. The van der Waals surface area contributed by atoms with E-state index in [1.54, 1.807) is 6.92 Å². The van der Waals surface area contributed by atoms with Gasteiger partial charge < -0.3 is 29.5 Å². The average Bonchev–Trinajstić information content (AvgIpc) is 3.20. The highest BCUT2D eigenvalue weighted by Crippen LogP contribution is 2.44. The number of amides is 2. The highest BCUT2D eigenvalue weighted by molar-refractivity contribution is 5.91. The van der Waals surface area contributed by atoms with Crippen LogP contribution in [0.1, 0.15) is 30.4 Å². The molecule has 9 nitrogen and oxygen atoms in total. The van der Waals surface area contributed by atoms with Crippen LogP contribution in [0.3, 0.4) is 0 Å². The lowest BCUT2D eigenvalue weighted by Gasteiger charge is -2.39. The molecule has 0 aromatic heterocycles. The van der Waals surface area contributed by atoms with Crippen LogP contribution in [0.15, 0.2) is 48.5 Å². The fourth-order valence-electron chi connectivity index (χ4n) is 4.86. The van der Waals surface area contributed by atoms with E-state index in [1.807, 2.05) is 36.4 Å². The van der Waals surface area contributed by atoms with Crippen molar-refractivity contribution in [3.05, 3.63) is 59.7 Å². The molecule has 1 heterocycles. The molecule has 4 rings (SSSR count). The summed E-state index contributed by atoms with van der Waals surface area (Å²) in [6.07, 6.45) is -1.61. The Kier molecular flexibility index (Phi) is 7.37. The lowest BCUT2D eigenvalue weighted by Crippen LogP contribution is -2.64. The Morgan fingerprint density at radius 3 is 2.31 bits per heavy atom. The number of hydrogen-bond acceptors (Lipinski definition) is 6. The molecule has 2 unspecified atom stereocenters. The van der Waals surface area contributed by atoms with Crippen molar-refractivity contribution in [3.8, 4) is 11.1 Å². The van der Waals surface area contributed by atoms with E-state index in [0.29, 0.717) is 0 Å². The molecule has 2 aliphatic rings. The van der Waals surface area contributed by atoms with Gasteiger partial charge in [-0.2, -0.15) is 0 Å². The molecule has 2 aromatic rings. The first-order valence-corrected chi connectivity index (χ1v) is 11.7. The van der Waals surface area contributed by atoms with Crippen molar-refractivity contribution < 1.29 is 33.7 Å². The first-order valence-electron chi connectivity index (χ1n) is 11.7. The van der Waals surface area contributed by atoms with E-state index >= 15 is 0 Å². The second kappa shape index (κ2) is 10.5. The number of aliphatic carboxylic acids is 1. The summed E-state index contributed by atoms with van der Waals surface area (Å²) in [5.41, 5.74) is 3.02. The Labute approximate surface area is 204 Å². The van der Waals surface area contributed by atoms with Crippen molar-refractivity contribution in [1.29, 1.82) is 0 Å². The summed E-state index contributed by atoms with van der Waals surface area (Å²) in [4.78, 5) is 39.2. The van der Waals surface area contributed by atoms with Gasteiger partial charge in [0.1, 0.15) is 12.1 Å². The molecule has 2 N–H and O–H groups in total. The minimum absolute atomic E-state index is 0.0817. The van der Waals surface area contributed by atoms with Crippen LogP contribution in [0.4, 0.5) is 4.79 Å². The van der Waals surface area contributed by atoms with Gasteiger partial charge in [-0.05, 0) is 28.7 Å². The lowest BCUT2D eigenvalue weighted by atomic mass is 9.94. The van der Waals surface area contributed by atoms with Gasteiger partial charge in [0.05, 0.1) is 19.8 Å². The van der Waals surface area contributed by atoms with Crippen molar-refractivity contribution in [1.82, 2.24) is 10.2 Å². The molecule has 1 fully saturated rings. The molecule has 35 heavy (non-hydrogen) atoms. The van der Waals surface area contributed by atoms with Gasteiger partial charge in [0.2, 0.25) is 0 Å². The number of nitrogens with one attached hydrogen (secondary N) is 1. The third kappa shape index (κ3) is 4.87. The monoisotopic (exact) mass is 482 g/mol. The van der Waals surface area contributed by atoms with Gasteiger partial charge in [-0.25, -0.2) is 9.59 Å². The Morgan fingerprint density at radius 2 is 1.74 bits per heavy atom. The Bertz CT molecular complexity index is 1060. The number of morpholine rings is 1. The summed E-state index contributed by atoms with van der Waals surface area (Å²) in [6, 6.07) is 16.1. The maximum atomic E-state index is 13.5. The van der Waals surface area contributed by atoms with Gasteiger partial charge in [-0.3, -0.25) is 4.79 Å². The van der Waals surface area contributed by atoms with Crippen molar-refractivity contribution >= 4 is 18.0 Å². The van der Waals surface area contributed by atoms with E-state index in [1.165, 1.54) is 12.0 Å². The molecular formula is C26H30N2O7. The van der Waals surface area contributed by atoms with Crippen LogP contribution in [-0.2, 0) is 23.8 Å². The van der Waals surface area contributed by atoms with Crippen LogP contribution in [0, 0.1) is 0 Å². The highest BCUT2D eigenvalue weighted by Gasteiger charge is 2.44. The second-order valence-corrected chi connectivity index (χ2v) is 8.77. The molecule has 0 radical (unpaired) electrons. The van der Waals surface area contributed by atoms with Crippen LogP contribution < -0.4 is 5.32 Å². The van der Waals surface area contributed by atoms with E-state index in [0.717, 1.165) is 22.3 Å². The van der Waals surface area contributed by atoms with E-state index < -0.39 is 29.6 Å². The van der Waals surface area contributed by atoms with E-state index in [2.05, 4.69) is 17.4 Å². The van der Waals surface area contributed by atoms with Crippen molar-refractivity contribution in [3.63, 3.8) is 0 Å². The number of alkyl carbamates (subject to hydrolysis) is 1. The maximum Gasteiger partial charge on any atom is 0.408 e. The molecule has 1 aliphatic heterocycles. The average molecular weight is 483 g/mol. The summed E-state index contributed by atoms with van der Waals surface area (Å²) in [7, 11) is 1.44. The van der Waals surface area contributed by atoms with E-state index in [-0.39, 0.29) is 45.2 Å². The number of methoxy groups -OCH3 is 1. The number of nitrogens with zero attached hydrogens (tertiary/aromatic N) is 1. The molecule has 0 spiro atoms. The molecule has 1 saturated heterocycles. The number of carbonyl (C=O) groups excluding carboxylic acids is 2. The molecule has 0 bridgehead atoms. The minimum atomic E-state index is -1.39. The van der Waals surface area contributed by atoms with Crippen molar-refractivity contribution in [2.24, 2.45) is 0 Å². The smallest absolute Gasteiger partial charge is 0.408 e. The van der Waals surface area contributed by atoms with Crippen molar-refractivity contribution in [2.75, 3.05) is 40.0 Å². The van der Waals surface area contributed by atoms with E-state index in [4.69, 9.17) is 14.2 Å². The van der Waals surface area contributed by atoms with Crippen LogP contribution >= 0.6 is 0 Å². The predicted octanol–water partition coefficient (Wildman–Crippen LogP) is 2.63. The zero-order chi connectivity index (χ0) is 25.0. The minimum Gasteiger partial charge on any atom is -0.479 e. The molecule has 2 aromatic carbocycles. The number of ether oxygens (including phenoxy) is 3. The molecular weight excluding hydrogens is 452 g/mol. The Morgan fingerprint density at radius 1 is 1.11 bits per heavy atom. The largest absolute Gasteiger partial charge is 0.479 e. The van der Waals surface area contributed by atoms with Gasteiger partial charge in [0, 0.05) is 19.6 Å². The zero-order valence-electron chi connectivity index (χ0n) is 19.9. The molecule has 0 saturated carbocycles. The van der Waals surface area contributed by atoms with Crippen LogP contribution in [-0.4, -0.2) is 79.6 Å². The molecule has 186 valence electrons.